The lowest BCUT2D eigenvalue weighted by Crippen LogP contribution is -2.57. The molecule has 2 heterocycles. The normalized spacial score (nSPS) is 26.6. The first-order chi connectivity index (χ1) is 23.0. The first-order valence-electron chi connectivity index (χ1n) is 20.0. The number of rotatable bonds is 16. The predicted molar refractivity (Wildman–Crippen MR) is 192 cm³/mol. The molecule has 0 amide bonds. The molecule has 4 fully saturated rings. The largest absolute Gasteiger partial charge is 0.396 e. The fraction of sp³-hybridized carbons (Fsp3) is 1.00. The Labute approximate surface area is 294 Å². The molecule has 2 saturated carbocycles. The van der Waals surface area contributed by atoms with Gasteiger partial charge in [0.1, 0.15) is 0 Å². The van der Waals surface area contributed by atoms with Crippen molar-refractivity contribution in [3.8, 4) is 0 Å². The highest BCUT2D eigenvalue weighted by Crippen LogP contribution is 2.48. The molecule has 0 aromatic rings. The molecule has 2 saturated heterocycles. The first-order valence-corrected chi connectivity index (χ1v) is 20.0. The van der Waals surface area contributed by atoms with Gasteiger partial charge < -0.3 is 38.6 Å². The van der Waals surface area contributed by atoms with Gasteiger partial charge in [0, 0.05) is 47.3 Å². The van der Waals surface area contributed by atoms with Gasteiger partial charge in [-0.3, -0.25) is 0 Å². The van der Waals surface area contributed by atoms with Crippen LogP contribution in [-0.4, -0.2) is 86.9 Å². The van der Waals surface area contributed by atoms with Gasteiger partial charge >= 0.3 is 0 Å². The first kappa shape index (κ1) is 42.1. The van der Waals surface area contributed by atoms with E-state index in [1.54, 1.807) is 0 Å². The van der Waals surface area contributed by atoms with Gasteiger partial charge in [0.2, 0.25) is 0 Å². The van der Waals surface area contributed by atoms with Crippen molar-refractivity contribution < 1.29 is 38.6 Å². The molecule has 8 heteroatoms. The van der Waals surface area contributed by atoms with Crippen LogP contribution in [0.1, 0.15) is 158 Å². The van der Waals surface area contributed by atoms with Gasteiger partial charge in [0.15, 0.2) is 11.6 Å². The van der Waals surface area contributed by atoms with E-state index >= 15 is 0 Å². The Morgan fingerprint density at radius 2 is 0.771 bits per heavy atom. The zero-order valence-corrected chi connectivity index (χ0v) is 32.5. The van der Waals surface area contributed by atoms with Gasteiger partial charge in [-0.15, -0.1) is 0 Å². The van der Waals surface area contributed by atoms with E-state index in [2.05, 4.69) is 55.4 Å². The van der Waals surface area contributed by atoms with Gasteiger partial charge in [0.05, 0.1) is 65.1 Å². The Morgan fingerprint density at radius 1 is 0.500 bits per heavy atom. The van der Waals surface area contributed by atoms with E-state index in [0.29, 0.717) is 25.4 Å². The summed E-state index contributed by atoms with van der Waals surface area (Å²) >= 11 is 0. The van der Waals surface area contributed by atoms with Crippen molar-refractivity contribution >= 4 is 0 Å². The van der Waals surface area contributed by atoms with E-state index in [9.17, 15) is 10.2 Å². The third-order valence-electron chi connectivity index (χ3n) is 13.9. The standard InChI is InChI=1S/C20H36O4.C20H40O4/c1-5-17(6-2)13-21-19(22-14-17)9-11-20(12-10-19)23-15-18(7-3,8-4)16-24-20;1-5-19(6-2,13-21)15-23-17-9-11-18(12-10-17)24-16-20(7-3,8-4)14-22/h5-16H2,1-4H3;17-18,21-22H,5-16H2,1-4H3. The third-order valence-corrected chi connectivity index (χ3v) is 13.9. The van der Waals surface area contributed by atoms with Crippen LogP contribution in [0.4, 0.5) is 0 Å². The van der Waals surface area contributed by atoms with Crippen LogP contribution in [-0.2, 0) is 28.4 Å². The molecule has 0 aromatic carbocycles. The van der Waals surface area contributed by atoms with Crippen LogP contribution in [0.5, 0.6) is 0 Å². The summed E-state index contributed by atoms with van der Waals surface area (Å²) in [7, 11) is 0. The van der Waals surface area contributed by atoms with Crippen LogP contribution in [0.15, 0.2) is 0 Å². The molecular weight excluding hydrogens is 608 g/mol. The second-order valence-corrected chi connectivity index (χ2v) is 16.1. The second-order valence-electron chi connectivity index (χ2n) is 16.1. The molecule has 0 radical (unpaired) electrons. The highest BCUT2D eigenvalue weighted by atomic mass is 16.7. The molecule has 48 heavy (non-hydrogen) atoms. The monoisotopic (exact) mass is 685 g/mol. The second kappa shape index (κ2) is 19.0. The van der Waals surface area contributed by atoms with Crippen molar-refractivity contribution in [1.29, 1.82) is 0 Å². The molecule has 2 spiro atoms. The molecule has 0 atom stereocenters. The number of hydrogen-bond donors (Lipinski definition) is 2. The summed E-state index contributed by atoms with van der Waals surface area (Å²) in [6, 6.07) is 0. The maximum Gasteiger partial charge on any atom is 0.168 e. The quantitative estimate of drug-likeness (QED) is 0.167. The Kier molecular flexibility index (Phi) is 16.6. The molecule has 0 unspecified atom stereocenters. The molecule has 2 aliphatic heterocycles. The number of hydrogen-bond acceptors (Lipinski definition) is 8. The lowest BCUT2D eigenvalue weighted by atomic mass is 9.80. The summed E-state index contributed by atoms with van der Waals surface area (Å²) in [5.41, 5.74) is 0.271. The maximum atomic E-state index is 9.64. The fourth-order valence-corrected chi connectivity index (χ4v) is 7.61. The van der Waals surface area contributed by atoms with Crippen molar-refractivity contribution in [2.75, 3.05) is 52.9 Å². The summed E-state index contributed by atoms with van der Waals surface area (Å²) in [6.45, 7) is 22.5. The van der Waals surface area contributed by atoms with Crippen LogP contribution < -0.4 is 0 Å². The average molecular weight is 685 g/mol. The van der Waals surface area contributed by atoms with Gasteiger partial charge in [-0.1, -0.05) is 55.4 Å². The Bertz CT molecular complexity index is 763. The Morgan fingerprint density at radius 3 is 0.979 bits per heavy atom. The van der Waals surface area contributed by atoms with Crippen molar-refractivity contribution in [1.82, 2.24) is 0 Å². The van der Waals surface area contributed by atoms with E-state index in [1.807, 2.05) is 0 Å². The van der Waals surface area contributed by atoms with Crippen molar-refractivity contribution in [3.63, 3.8) is 0 Å². The summed E-state index contributed by atoms with van der Waals surface area (Å²) in [6.07, 6.45) is 16.5. The van der Waals surface area contributed by atoms with Gasteiger partial charge in [-0.2, -0.15) is 0 Å². The average Bonchev–Trinajstić information content (AvgIpc) is 3.16. The van der Waals surface area contributed by atoms with Crippen LogP contribution >= 0.6 is 0 Å². The third kappa shape index (κ3) is 10.4. The minimum absolute atomic E-state index is 0.0731. The van der Waals surface area contributed by atoms with Gasteiger partial charge in [-0.05, 0) is 77.0 Å². The highest BCUT2D eigenvalue weighted by Gasteiger charge is 2.52. The summed E-state index contributed by atoms with van der Waals surface area (Å²) < 4.78 is 37.4. The number of aliphatic hydroxyl groups is 2. The summed E-state index contributed by atoms with van der Waals surface area (Å²) in [5, 5.41) is 19.3. The van der Waals surface area contributed by atoms with E-state index in [1.165, 1.54) is 0 Å². The van der Waals surface area contributed by atoms with Crippen molar-refractivity contribution in [2.45, 2.75) is 182 Å². The van der Waals surface area contributed by atoms with E-state index in [-0.39, 0.29) is 34.9 Å². The summed E-state index contributed by atoms with van der Waals surface area (Å²) in [5.74, 6) is -0.786. The van der Waals surface area contributed by atoms with Crippen LogP contribution in [0, 0.1) is 21.7 Å². The van der Waals surface area contributed by atoms with Crippen LogP contribution in [0.2, 0.25) is 0 Å². The van der Waals surface area contributed by atoms with Crippen LogP contribution in [0.25, 0.3) is 0 Å². The number of ether oxygens (including phenoxy) is 6. The minimum Gasteiger partial charge on any atom is -0.396 e. The highest BCUT2D eigenvalue weighted by molar-refractivity contribution is 4.93. The molecule has 0 bridgehead atoms. The Hall–Kier alpha value is -0.320. The lowest BCUT2D eigenvalue weighted by molar-refractivity contribution is -0.368. The molecule has 2 N–H and O–H groups in total. The molecule has 2 aliphatic carbocycles. The zero-order valence-electron chi connectivity index (χ0n) is 32.5. The van der Waals surface area contributed by atoms with Crippen molar-refractivity contribution in [3.05, 3.63) is 0 Å². The van der Waals surface area contributed by atoms with Crippen LogP contribution in [0.3, 0.4) is 0 Å². The molecule has 0 aromatic heterocycles. The minimum atomic E-state index is -0.393. The number of aliphatic hydroxyl groups excluding tert-OH is 2. The summed E-state index contributed by atoms with van der Waals surface area (Å²) in [4.78, 5) is 0. The van der Waals surface area contributed by atoms with Gasteiger partial charge in [-0.25, -0.2) is 0 Å². The zero-order chi connectivity index (χ0) is 35.4. The molecular formula is C40H76O8. The molecule has 284 valence electrons. The predicted octanol–water partition coefficient (Wildman–Crippen LogP) is 8.59. The maximum absolute atomic E-state index is 9.64. The van der Waals surface area contributed by atoms with E-state index in [0.717, 1.165) is 129 Å². The van der Waals surface area contributed by atoms with Gasteiger partial charge in [0.25, 0.3) is 0 Å². The molecule has 4 rings (SSSR count). The molecule has 8 nitrogen and oxygen atoms in total. The van der Waals surface area contributed by atoms with E-state index in [4.69, 9.17) is 28.4 Å². The Balaban J connectivity index is 0.000000260. The lowest BCUT2D eigenvalue weighted by Gasteiger charge is -2.53. The molecule has 4 aliphatic rings. The SMILES string of the molecule is CCC(CC)(CO)COC1CCC(OCC(CC)(CC)CO)CC1.CCC1(CC)COC2(CCC3(CC2)OCC(CC)(CC)CO3)OC1. The fourth-order valence-electron chi connectivity index (χ4n) is 7.61. The van der Waals surface area contributed by atoms with E-state index < -0.39 is 11.6 Å². The smallest absolute Gasteiger partial charge is 0.168 e. The topological polar surface area (TPSA) is 95.8 Å². The van der Waals surface area contributed by atoms with Crippen molar-refractivity contribution in [2.24, 2.45) is 21.7 Å².